The van der Waals surface area contributed by atoms with Gasteiger partial charge in [0.25, 0.3) is 5.91 Å². The predicted octanol–water partition coefficient (Wildman–Crippen LogP) is 5.93. The topological polar surface area (TPSA) is 112 Å². The van der Waals surface area contributed by atoms with Gasteiger partial charge in [-0.25, -0.2) is 4.79 Å². The summed E-state index contributed by atoms with van der Waals surface area (Å²) in [4.78, 5) is 31.7. The van der Waals surface area contributed by atoms with E-state index >= 15 is 0 Å². The van der Waals surface area contributed by atoms with Crippen molar-refractivity contribution in [3.05, 3.63) is 60.3 Å². The van der Waals surface area contributed by atoms with Crippen LogP contribution in [0.25, 0.3) is 33.6 Å². The van der Waals surface area contributed by atoms with E-state index in [-0.39, 0.29) is 18.0 Å². The van der Waals surface area contributed by atoms with Crippen LogP contribution in [-0.4, -0.2) is 67.9 Å². The number of aromatic nitrogens is 1. The first kappa shape index (κ1) is 28.8. The van der Waals surface area contributed by atoms with Crippen molar-refractivity contribution in [1.82, 2.24) is 15.2 Å². The molecule has 220 valence electrons. The first-order valence-electron chi connectivity index (χ1n) is 13.7. The molecule has 10 heteroatoms. The molecule has 3 heterocycles. The Hall–Kier alpha value is -4.73. The molecule has 0 aliphatic carbocycles. The minimum absolute atomic E-state index is 0.160. The lowest BCUT2D eigenvalue weighted by molar-refractivity contribution is 0.0290. The van der Waals surface area contributed by atoms with Crippen LogP contribution in [0.15, 0.2) is 59.1 Å². The van der Waals surface area contributed by atoms with Gasteiger partial charge in [0.2, 0.25) is 5.75 Å². The maximum absolute atomic E-state index is 13.2. The fourth-order valence-corrected chi connectivity index (χ4v) is 5.00. The Bertz CT molecular complexity index is 1600. The van der Waals surface area contributed by atoms with E-state index in [0.29, 0.717) is 59.2 Å². The number of pyridine rings is 1. The van der Waals surface area contributed by atoms with Gasteiger partial charge in [-0.1, -0.05) is 12.1 Å². The number of likely N-dealkylation sites (tertiary alicyclic amines) is 1. The molecule has 5 rings (SSSR count). The second kappa shape index (κ2) is 11.6. The molecule has 4 aromatic rings. The van der Waals surface area contributed by atoms with Crippen molar-refractivity contribution >= 4 is 23.1 Å². The highest BCUT2D eigenvalue weighted by Gasteiger charge is 2.30. The molecule has 2 amide bonds. The number of rotatable bonds is 7. The SMILES string of the molecule is COc1cc(-c2cc3nccc(-c4cccc(C(=O)NC5CCN(C(=O)OC(C)(C)C)C5)c4)c3o2)cc(OC)c1OC. The Balaban J connectivity index is 1.38. The number of hydrogen-bond donors (Lipinski definition) is 1. The van der Waals surface area contributed by atoms with Crippen LogP contribution < -0.4 is 19.5 Å². The fraction of sp³-hybridized carbons (Fsp3) is 0.344. The number of ether oxygens (including phenoxy) is 4. The van der Waals surface area contributed by atoms with Gasteiger partial charge >= 0.3 is 6.09 Å². The van der Waals surface area contributed by atoms with E-state index < -0.39 is 5.60 Å². The number of nitrogens with one attached hydrogen (secondary N) is 1. The monoisotopic (exact) mass is 573 g/mol. The van der Waals surface area contributed by atoms with Crippen LogP contribution in [0.4, 0.5) is 4.79 Å². The molecule has 10 nitrogen and oxygen atoms in total. The molecular formula is C32H35N3O7. The van der Waals surface area contributed by atoms with E-state index in [2.05, 4.69) is 10.3 Å². The smallest absolute Gasteiger partial charge is 0.410 e. The summed E-state index contributed by atoms with van der Waals surface area (Å²) in [5, 5.41) is 3.06. The van der Waals surface area contributed by atoms with Crippen molar-refractivity contribution in [2.75, 3.05) is 34.4 Å². The summed E-state index contributed by atoms with van der Waals surface area (Å²) in [6.45, 7) is 6.44. The van der Waals surface area contributed by atoms with Crippen LogP contribution in [0.1, 0.15) is 37.6 Å². The average molecular weight is 574 g/mol. The lowest BCUT2D eigenvalue weighted by Crippen LogP contribution is -2.40. The molecule has 0 radical (unpaired) electrons. The number of methoxy groups -OCH3 is 3. The quantitative estimate of drug-likeness (QED) is 0.290. The van der Waals surface area contributed by atoms with Crippen molar-refractivity contribution in [2.24, 2.45) is 0 Å². The van der Waals surface area contributed by atoms with Gasteiger partial charge in [-0.05, 0) is 63.1 Å². The predicted molar refractivity (Wildman–Crippen MR) is 158 cm³/mol. The zero-order valence-electron chi connectivity index (χ0n) is 24.6. The van der Waals surface area contributed by atoms with Gasteiger partial charge in [-0.15, -0.1) is 0 Å². The third kappa shape index (κ3) is 5.97. The van der Waals surface area contributed by atoms with E-state index in [0.717, 1.165) is 16.7 Å². The Labute approximate surface area is 244 Å². The maximum atomic E-state index is 13.2. The molecule has 1 N–H and O–H groups in total. The van der Waals surface area contributed by atoms with Crippen LogP contribution in [0.5, 0.6) is 17.2 Å². The molecule has 1 atom stereocenters. The van der Waals surface area contributed by atoms with Gasteiger partial charge in [0.05, 0.1) is 21.3 Å². The van der Waals surface area contributed by atoms with E-state index in [4.69, 9.17) is 23.4 Å². The second-order valence-corrected chi connectivity index (χ2v) is 11.1. The zero-order valence-corrected chi connectivity index (χ0v) is 24.6. The van der Waals surface area contributed by atoms with Crippen molar-refractivity contribution in [3.63, 3.8) is 0 Å². The van der Waals surface area contributed by atoms with E-state index in [9.17, 15) is 9.59 Å². The number of hydrogen-bond acceptors (Lipinski definition) is 8. The molecule has 1 fully saturated rings. The normalized spacial score (nSPS) is 15.0. The summed E-state index contributed by atoms with van der Waals surface area (Å²) in [7, 11) is 4.68. The number of fused-ring (bicyclic) bond motifs is 1. The second-order valence-electron chi connectivity index (χ2n) is 11.1. The minimum atomic E-state index is -0.569. The molecule has 42 heavy (non-hydrogen) atoms. The number of carbonyl (C=O) groups excluding carboxylic acids is 2. The first-order valence-corrected chi connectivity index (χ1v) is 13.7. The third-order valence-corrected chi connectivity index (χ3v) is 6.97. The highest BCUT2D eigenvalue weighted by molar-refractivity contribution is 5.98. The van der Waals surface area contributed by atoms with Crippen molar-refractivity contribution < 1.29 is 33.0 Å². The summed E-state index contributed by atoms with van der Waals surface area (Å²) in [5.41, 5.74) is 3.53. The largest absolute Gasteiger partial charge is 0.493 e. The highest BCUT2D eigenvalue weighted by atomic mass is 16.6. The summed E-state index contributed by atoms with van der Waals surface area (Å²) in [6, 6.07) is 14.5. The van der Waals surface area contributed by atoms with Gasteiger partial charge in [0.15, 0.2) is 17.1 Å². The van der Waals surface area contributed by atoms with Crippen LogP contribution in [0.3, 0.4) is 0 Å². The molecule has 1 saturated heterocycles. The zero-order chi connectivity index (χ0) is 30.0. The minimum Gasteiger partial charge on any atom is -0.493 e. The Morgan fingerprint density at radius 3 is 2.38 bits per heavy atom. The molecular weight excluding hydrogens is 538 g/mol. The van der Waals surface area contributed by atoms with Crippen molar-refractivity contribution in [2.45, 2.75) is 38.8 Å². The number of nitrogens with zero attached hydrogens (tertiary/aromatic N) is 2. The Morgan fingerprint density at radius 1 is 0.976 bits per heavy atom. The lowest BCUT2D eigenvalue weighted by atomic mass is 10.0. The Kier molecular flexibility index (Phi) is 7.98. The van der Waals surface area contributed by atoms with Gasteiger partial charge in [-0.2, -0.15) is 0 Å². The first-order chi connectivity index (χ1) is 20.1. The highest BCUT2D eigenvalue weighted by Crippen LogP contribution is 2.43. The average Bonchev–Trinajstić information content (AvgIpc) is 3.63. The summed E-state index contributed by atoms with van der Waals surface area (Å²) in [6.07, 6.45) is 2.00. The van der Waals surface area contributed by atoms with Crippen LogP contribution in [-0.2, 0) is 4.74 Å². The molecule has 1 unspecified atom stereocenters. The summed E-state index contributed by atoms with van der Waals surface area (Å²) >= 11 is 0. The van der Waals surface area contributed by atoms with Crippen molar-refractivity contribution in [3.8, 4) is 39.7 Å². The molecule has 0 bridgehead atoms. The van der Waals surface area contributed by atoms with Crippen molar-refractivity contribution in [1.29, 1.82) is 0 Å². The number of furan rings is 1. The standard InChI is InChI=1S/C32H35N3O7/c1-32(2,3)42-31(37)35-13-11-22(18-35)34-30(36)20-9-7-8-19(14-20)23-10-12-33-24-17-25(41-28(23)24)21-15-26(38-4)29(40-6)27(16-21)39-5/h7-10,12,14-17,22H,11,13,18H2,1-6H3,(H,34,36). The van der Waals surface area contributed by atoms with Crippen LogP contribution in [0.2, 0.25) is 0 Å². The number of carbonyl (C=O) groups is 2. The van der Waals surface area contributed by atoms with E-state index in [1.165, 1.54) is 0 Å². The molecule has 0 spiro atoms. The van der Waals surface area contributed by atoms with Gasteiger partial charge in [0, 0.05) is 48.1 Å². The summed E-state index contributed by atoms with van der Waals surface area (Å²) < 4.78 is 28.2. The Morgan fingerprint density at radius 2 is 1.71 bits per heavy atom. The van der Waals surface area contributed by atoms with Gasteiger partial charge < -0.3 is 33.6 Å². The molecule has 2 aromatic heterocycles. The third-order valence-electron chi connectivity index (χ3n) is 6.97. The maximum Gasteiger partial charge on any atom is 0.410 e. The number of amides is 2. The number of benzene rings is 2. The lowest BCUT2D eigenvalue weighted by Gasteiger charge is -2.24. The molecule has 2 aromatic carbocycles. The van der Waals surface area contributed by atoms with Crippen LogP contribution in [0, 0.1) is 0 Å². The van der Waals surface area contributed by atoms with E-state index in [1.54, 1.807) is 38.5 Å². The fourth-order valence-electron chi connectivity index (χ4n) is 5.00. The molecule has 1 aliphatic heterocycles. The van der Waals surface area contributed by atoms with Crippen LogP contribution >= 0.6 is 0 Å². The van der Waals surface area contributed by atoms with Gasteiger partial charge in [0.1, 0.15) is 16.9 Å². The molecule has 1 aliphatic rings. The molecule has 0 saturated carbocycles. The van der Waals surface area contributed by atoms with E-state index in [1.807, 2.05) is 63.2 Å². The summed E-state index contributed by atoms with van der Waals surface area (Å²) in [5.74, 6) is 1.87. The van der Waals surface area contributed by atoms with Gasteiger partial charge in [-0.3, -0.25) is 9.78 Å².